The van der Waals surface area contributed by atoms with Gasteiger partial charge in [-0.2, -0.15) is 0 Å². The highest BCUT2D eigenvalue weighted by atomic mass is 32.2. The molecule has 0 amide bonds. The van der Waals surface area contributed by atoms with Crippen molar-refractivity contribution in [3.63, 3.8) is 0 Å². The Morgan fingerprint density at radius 3 is 2.12 bits per heavy atom. The van der Waals surface area contributed by atoms with Crippen molar-refractivity contribution in [2.24, 2.45) is 0 Å². The van der Waals surface area contributed by atoms with Crippen molar-refractivity contribution in [1.82, 2.24) is 4.72 Å². The highest BCUT2D eigenvalue weighted by Crippen LogP contribution is 2.16. The minimum Gasteiger partial charge on any atom is -0.283 e. The maximum Gasteiger partial charge on any atom is 0.240 e. The lowest BCUT2D eigenvalue weighted by molar-refractivity contribution is 0.578. The fourth-order valence-electron chi connectivity index (χ4n) is 2.18. The molecular weight excluding hydrogens is 360 g/mol. The summed E-state index contributed by atoms with van der Waals surface area (Å²) in [5.74, 6) is -0.146. The molecule has 6 nitrogen and oxygen atoms in total. The van der Waals surface area contributed by atoms with Crippen LogP contribution in [0.3, 0.4) is 0 Å². The van der Waals surface area contributed by atoms with Crippen LogP contribution in [-0.4, -0.2) is 23.4 Å². The van der Waals surface area contributed by atoms with Crippen LogP contribution in [0, 0.1) is 0 Å². The zero-order valence-corrected chi connectivity index (χ0v) is 15.6. The standard InChI is InChI=1S/C17H22N2O4S2/c1-2-3-13-18-25(22,23)17-11-9-16(10-12-17)19-24(20,21)14-15-7-5-4-6-8-15/h4-12,18-19H,2-3,13-14H2,1H3. The van der Waals surface area contributed by atoms with Crippen LogP contribution in [0.2, 0.25) is 0 Å². The Kier molecular flexibility index (Phi) is 6.57. The van der Waals surface area contributed by atoms with E-state index in [1.54, 1.807) is 24.3 Å². The van der Waals surface area contributed by atoms with E-state index < -0.39 is 20.0 Å². The Bertz CT molecular complexity index is 878. The second-order valence-corrected chi connectivity index (χ2v) is 9.11. The Labute approximate surface area is 149 Å². The van der Waals surface area contributed by atoms with Gasteiger partial charge in [-0.25, -0.2) is 21.6 Å². The zero-order chi connectivity index (χ0) is 18.3. The van der Waals surface area contributed by atoms with Crippen LogP contribution in [0.1, 0.15) is 25.3 Å². The van der Waals surface area contributed by atoms with Gasteiger partial charge in [0.25, 0.3) is 0 Å². The van der Waals surface area contributed by atoms with Crippen LogP contribution in [0.5, 0.6) is 0 Å². The van der Waals surface area contributed by atoms with Crippen molar-refractivity contribution in [3.05, 3.63) is 60.2 Å². The molecule has 0 aliphatic rings. The third-order valence-corrected chi connectivity index (χ3v) is 6.20. The predicted molar refractivity (Wildman–Crippen MR) is 99.2 cm³/mol. The lowest BCUT2D eigenvalue weighted by atomic mass is 10.2. The summed E-state index contributed by atoms with van der Waals surface area (Å²) in [6.45, 7) is 2.36. The lowest BCUT2D eigenvalue weighted by Crippen LogP contribution is -2.24. The Morgan fingerprint density at radius 1 is 0.880 bits per heavy atom. The molecule has 136 valence electrons. The molecule has 0 saturated heterocycles. The Hall–Kier alpha value is -1.90. The van der Waals surface area contributed by atoms with Gasteiger partial charge in [0.15, 0.2) is 0 Å². The van der Waals surface area contributed by atoms with Crippen molar-refractivity contribution in [2.45, 2.75) is 30.4 Å². The lowest BCUT2D eigenvalue weighted by Gasteiger charge is -2.10. The fraction of sp³-hybridized carbons (Fsp3) is 0.294. The molecule has 0 fully saturated rings. The highest BCUT2D eigenvalue weighted by molar-refractivity contribution is 7.92. The first-order chi connectivity index (χ1) is 11.8. The third kappa shape index (κ3) is 6.15. The van der Waals surface area contributed by atoms with E-state index in [1.165, 1.54) is 24.3 Å². The molecule has 2 aromatic carbocycles. The van der Waals surface area contributed by atoms with E-state index >= 15 is 0 Å². The first-order valence-electron chi connectivity index (χ1n) is 7.96. The van der Waals surface area contributed by atoms with Crippen LogP contribution < -0.4 is 9.44 Å². The van der Waals surface area contributed by atoms with Gasteiger partial charge in [-0.15, -0.1) is 0 Å². The SMILES string of the molecule is CCCCNS(=O)(=O)c1ccc(NS(=O)(=O)Cc2ccccc2)cc1. The van der Waals surface area contributed by atoms with Gasteiger partial charge in [0, 0.05) is 12.2 Å². The van der Waals surface area contributed by atoms with Crippen LogP contribution in [0.15, 0.2) is 59.5 Å². The number of hydrogen-bond acceptors (Lipinski definition) is 4. The second-order valence-electron chi connectivity index (χ2n) is 5.62. The summed E-state index contributed by atoms with van der Waals surface area (Å²) in [4.78, 5) is 0.106. The van der Waals surface area contributed by atoms with Crippen molar-refractivity contribution >= 4 is 25.7 Å². The van der Waals surface area contributed by atoms with E-state index in [9.17, 15) is 16.8 Å². The summed E-state index contributed by atoms with van der Waals surface area (Å²) in [6.07, 6.45) is 1.65. The molecular formula is C17H22N2O4S2. The molecule has 0 unspecified atom stereocenters. The minimum atomic E-state index is -3.57. The molecule has 2 N–H and O–H groups in total. The van der Waals surface area contributed by atoms with Crippen LogP contribution in [-0.2, 0) is 25.8 Å². The van der Waals surface area contributed by atoms with Crippen LogP contribution in [0.25, 0.3) is 0 Å². The van der Waals surface area contributed by atoms with Gasteiger partial charge < -0.3 is 0 Å². The highest BCUT2D eigenvalue weighted by Gasteiger charge is 2.15. The van der Waals surface area contributed by atoms with Gasteiger partial charge in [0.2, 0.25) is 20.0 Å². The second kappa shape index (κ2) is 8.46. The van der Waals surface area contributed by atoms with E-state index in [1.807, 2.05) is 13.0 Å². The van der Waals surface area contributed by atoms with Gasteiger partial charge in [0.1, 0.15) is 0 Å². The van der Waals surface area contributed by atoms with Gasteiger partial charge in [-0.3, -0.25) is 4.72 Å². The first-order valence-corrected chi connectivity index (χ1v) is 11.1. The Morgan fingerprint density at radius 2 is 1.52 bits per heavy atom. The fourth-order valence-corrected chi connectivity index (χ4v) is 4.45. The molecule has 0 heterocycles. The molecule has 0 aliphatic carbocycles. The summed E-state index contributed by atoms with van der Waals surface area (Å²) < 4.78 is 53.5. The average Bonchev–Trinajstić information content (AvgIpc) is 2.55. The van der Waals surface area contributed by atoms with Gasteiger partial charge in [0.05, 0.1) is 10.6 Å². The quantitative estimate of drug-likeness (QED) is 0.652. The molecule has 0 radical (unpaired) electrons. The van der Waals surface area contributed by atoms with E-state index in [0.717, 1.165) is 12.8 Å². The maximum atomic E-state index is 12.2. The monoisotopic (exact) mass is 382 g/mol. The molecule has 2 rings (SSSR count). The molecule has 0 aliphatic heterocycles. The van der Waals surface area contributed by atoms with Crippen molar-refractivity contribution < 1.29 is 16.8 Å². The number of benzene rings is 2. The van der Waals surface area contributed by atoms with E-state index in [4.69, 9.17) is 0 Å². The van der Waals surface area contributed by atoms with Crippen LogP contribution >= 0.6 is 0 Å². The van der Waals surface area contributed by atoms with Crippen molar-refractivity contribution in [1.29, 1.82) is 0 Å². The topological polar surface area (TPSA) is 92.3 Å². The molecule has 0 spiro atoms. The number of rotatable bonds is 9. The van der Waals surface area contributed by atoms with E-state index in [-0.39, 0.29) is 10.6 Å². The number of hydrogen-bond donors (Lipinski definition) is 2. The summed E-state index contributed by atoms with van der Waals surface area (Å²) in [5, 5.41) is 0. The molecule has 0 saturated carbocycles. The number of unbranched alkanes of at least 4 members (excludes halogenated alkanes) is 1. The summed E-state index contributed by atoms with van der Waals surface area (Å²) in [7, 11) is -7.14. The van der Waals surface area contributed by atoms with Crippen LogP contribution in [0.4, 0.5) is 5.69 Å². The number of sulfonamides is 2. The summed E-state index contributed by atoms with van der Waals surface area (Å²) >= 11 is 0. The zero-order valence-electron chi connectivity index (χ0n) is 14.0. The summed E-state index contributed by atoms with van der Waals surface area (Å²) in [6, 6.07) is 14.5. The molecule has 0 aromatic heterocycles. The van der Waals surface area contributed by atoms with Gasteiger partial charge in [-0.05, 0) is 36.2 Å². The maximum absolute atomic E-state index is 12.2. The molecule has 0 atom stereocenters. The average molecular weight is 383 g/mol. The first kappa shape index (κ1) is 19.4. The third-order valence-electron chi connectivity index (χ3n) is 3.46. The normalized spacial score (nSPS) is 12.0. The van der Waals surface area contributed by atoms with Gasteiger partial charge in [-0.1, -0.05) is 43.7 Å². The molecule has 2 aromatic rings. The van der Waals surface area contributed by atoms with Crippen molar-refractivity contribution in [2.75, 3.05) is 11.3 Å². The van der Waals surface area contributed by atoms with Crippen molar-refractivity contribution in [3.8, 4) is 0 Å². The molecule has 0 bridgehead atoms. The van der Waals surface area contributed by atoms with Gasteiger partial charge >= 0.3 is 0 Å². The molecule has 25 heavy (non-hydrogen) atoms. The molecule has 8 heteroatoms. The van der Waals surface area contributed by atoms with E-state index in [0.29, 0.717) is 17.8 Å². The minimum absolute atomic E-state index is 0.106. The predicted octanol–water partition coefficient (Wildman–Crippen LogP) is 2.71. The largest absolute Gasteiger partial charge is 0.283 e. The van der Waals surface area contributed by atoms with E-state index in [2.05, 4.69) is 9.44 Å². The Balaban J connectivity index is 2.04. The number of nitrogens with one attached hydrogen (secondary N) is 2. The smallest absolute Gasteiger partial charge is 0.240 e. The number of anilines is 1. The summed E-state index contributed by atoms with van der Waals surface area (Å²) in [5.41, 5.74) is 0.998.